The molecule has 1 atom stereocenters. The monoisotopic (exact) mass is 309 g/mol. The summed E-state index contributed by atoms with van der Waals surface area (Å²) in [4.78, 5) is 8.76. The Balaban J connectivity index is 1.99. The molecule has 2 aromatic rings. The van der Waals surface area contributed by atoms with Crippen LogP contribution in [0.2, 0.25) is 0 Å². The largest absolute Gasteiger partial charge is 0.377 e. The summed E-state index contributed by atoms with van der Waals surface area (Å²) in [6.45, 7) is 0.272. The number of sulfone groups is 1. The quantitative estimate of drug-likeness (QED) is 0.863. The van der Waals surface area contributed by atoms with Crippen molar-refractivity contribution in [2.75, 3.05) is 18.2 Å². The molecule has 0 bridgehead atoms. The second-order valence-corrected chi connectivity index (χ2v) is 6.77. The van der Waals surface area contributed by atoms with Crippen molar-refractivity contribution in [1.82, 2.24) is 19.7 Å². The molecule has 9 heteroatoms. The molecule has 3 heterocycles. The lowest BCUT2D eigenvalue weighted by Crippen LogP contribution is -2.22. The SMILES string of the molecule is COCc1nc(NC2C=CS(=O)(=O)C2)c2cnn(C)c2n1. The normalized spacial score (nSPS) is 20.2. The lowest BCUT2D eigenvalue weighted by molar-refractivity contribution is 0.178. The summed E-state index contributed by atoms with van der Waals surface area (Å²) < 4.78 is 29.6. The van der Waals surface area contributed by atoms with Gasteiger partial charge in [0.15, 0.2) is 21.3 Å². The van der Waals surface area contributed by atoms with Gasteiger partial charge in [0.05, 0.1) is 23.4 Å². The summed E-state index contributed by atoms with van der Waals surface area (Å²) in [5, 5.41) is 9.25. The van der Waals surface area contributed by atoms with Crippen molar-refractivity contribution in [3.63, 3.8) is 0 Å². The van der Waals surface area contributed by atoms with Crippen molar-refractivity contribution in [3.05, 3.63) is 23.5 Å². The third kappa shape index (κ3) is 2.74. The van der Waals surface area contributed by atoms with E-state index >= 15 is 0 Å². The smallest absolute Gasteiger partial charge is 0.173 e. The van der Waals surface area contributed by atoms with Crippen molar-refractivity contribution in [2.45, 2.75) is 12.6 Å². The van der Waals surface area contributed by atoms with E-state index in [-0.39, 0.29) is 18.4 Å². The predicted octanol–water partition coefficient (Wildman–Crippen LogP) is 0.232. The van der Waals surface area contributed by atoms with Gasteiger partial charge in [-0.2, -0.15) is 5.10 Å². The Morgan fingerprint density at radius 3 is 2.95 bits per heavy atom. The molecule has 1 N–H and O–H groups in total. The summed E-state index contributed by atoms with van der Waals surface area (Å²) >= 11 is 0. The number of hydrogen-bond acceptors (Lipinski definition) is 7. The van der Waals surface area contributed by atoms with E-state index in [2.05, 4.69) is 20.4 Å². The minimum absolute atomic E-state index is 0.0262. The number of nitrogens with zero attached hydrogens (tertiary/aromatic N) is 4. The van der Waals surface area contributed by atoms with Gasteiger partial charge in [0.2, 0.25) is 0 Å². The van der Waals surface area contributed by atoms with E-state index in [0.29, 0.717) is 17.3 Å². The van der Waals surface area contributed by atoms with Crippen LogP contribution in [0.4, 0.5) is 5.82 Å². The summed E-state index contributed by atoms with van der Waals surface area (Å²) in [5.41, 5.74) is 0.671. The molecule has 1 aliphatic rings. The molecule has 3 rings (SSSR count). The first-order valence-electron chi connectivity index (χ1n) is 6.33. The Labute approximate surface area is 121 Å². The molecule has 0 fully saturated rings. The molecule has 112 valence electrons. The fraction of sp³-hybridized carbons (Fsp3) is 0.417. The Morgan fingerprint density at radius 1 is 1.48 bits per heavy atom. The minimum atomic E-state index is -3.12. The van der Waals surface area contributed by atoms with E-state index in [1.165, 1.54) is 5.41 Å². The molecule has 8 nitrogen and oxygen atoms in total. The summed E-state index contributed by atoms with van der Waals surface area (Å²) in [5.74, 6) is 1.10. The van der Waals surface area contributed by atoms with E-state index in [1.54, 1.807) is 31.1 Å². The maximum atomic E-state index is 11.5. The van der Waals surface area contributed by atoms with Crippen molar-refractivity contribution in [2.24, 2.45) is 7.05 Å². The van der Waals surface area contributed by atoms with Gasteiger partial charge in [0, 0.05) is 19.6 Å². The van der Waals surface area contributed by atoms with Crippen LogP contribution >= 0.6 is 0 Å². The number of nitrogens with one attached hydrogen (secondary N) is 1. The van der Waals surface area contributed by atoms with E-state index in [4.69, 9.17) is 4.74 Å². The first-order valence-corrected chi connectivity index (χ1v) is 8.05. The summed E-state index contributed by atoms with van der Waals surface area (Å²) in [6, 6.07) is -0.302. The topological polar surface area (TPSA) is 99.0 Å². The third-order valence-electron chi connectivity index (χ3n) is 3.16. The molecule has 0 radical (unpaired) electrons. The molecule has 0 spiro atoms. The number of hydrogen-bond donors (Lipinski definition) is 1. The van der Waals surface area contributed by atoms with E-state index < -0.39 is 9.84 Å². The molecule has 0 aliphatic carbocycles. The van der Waals surface area contributed by atoms with Crippen LogP contribution in [-0.2, 0) is 28.2 Å². The van der Waals surface area contributed by atoms with Crippen molar-refractivity contribution >= 4 is 26.7 Å². The molecule has 21 heavy (non-hydrogen) atoms. The first kappa shape index (κ1) is 14.0. The molecule has 0 saturated carbocycles. The standard InChI is InChI=1S/C12H15N5O3S/c1-17-12-9(5-13-17)11(15-10(16-12)6-20-2)14-8-3-4-21(18,19)7-8/h3-5,8H,6-7H2,1-2H3,(H,14,15,16). The molecule has 1 aliphatic heterocycles. The van der Waals surface area contributed by atoms with Gasteiger partial charge in [0.1, 0.15) is 12.4 Å². The van der Waals surface area contributed by atoms with Crippen LogP contribution in [0.3, 0.4) is 0 Å². The number of fused-ring (bicyclic) bond motifs is 1. The first-order chi connectivity index (χ1) is 9.98. The zero-order valence-corrected chi connectivity index (χ0v) is 12.5. The predicted molar refractivity (Wildman–Crippen MR) is 77.4 cm³/mol. The zero-order valence-electron chi connectivity index (χ0n) is 11.6. The van der Waals surface area contributed by atoms with E-state index in [1.807, 2.05) is 0 Å². The van der Waals surface area contributed by atoms with Crippen molar-refractivity contribution in [1.29, 1.82) is 0 Å². The highest BCUT2D eigenvalue weighted by Crippen LogP contribution is 2.22. The fourth-order valence-corrected chi connectivity index (χ4v) is 3.45. The van der Waals surface area contributed by atoms with Crippen LogP contribution in [-0.4, -0.2) is 47.1 Å². The molecule has 0 saturated heterocycles. The third-order valence-corrected chi connectivity index (χ3v) is 4.56. The average Bonchev–Trinajstić information content (AvgIpc) is 2.94. The zero-order chi connectivity index (χ0) is 15.0. The van der Waals surface area contributed by atoms with Gasteiger partial charge in [-0.05, 0) is 6.08 Å². The number of anilines is 1. The number of rotatable bonds is 4. The Hall–Kier alpha value is -2.00. The van der Waals surface area contributed by atoms with Crippen molar-refractivity contribution in [3.8, 4) is 0 Å². The number of aryl methyl sites for hydroxylation is 1. The molecule has 0 amide bonds. The lowest BCUT2D eigenvalue weighted by atomic mass is 10.3. The molecule has 1 unspecified atom stereocenters. The van der Waals surface area contributed by atoms with Crippen LogP contribution in [0.15, 0.2) is 17.7 Å². The van der Waals surface area contributed by atoms with E-state index in [0.717, 1.165) is 5.39 Å². The average molecular weight is 309 g/mol. The van der Waals surface area contributed by atoms with E-state index in [9.17, 15) is 8.42 Å². The Bertz CT molecular complexity index is 812. The van der Waals surface area contributed by atoms with Gasteiger partial charge in [-0.15, -0.1) is 0 Å². The van der Waals surface area contributed by atoms with Crippen LogP contribution in [0.1, 0.15) is 5.82 Å². The van der Waals surface area contributed by atoms with Crippen LogP contribution in [0.5, 0.6) is 0 Å². The lowest BCUT2D eigenvalue weighted by Gasteiger charge is -2.12. The second kappa shape index (κ2) is 5.08. The van der Waals surface area contributed by atoms with Crippen LogP contribution < -0.4 is 5.32 Å². The van der Waals surface area contributed by atoms with Gasteiger partial charge in [-0.25, -0.2) is 18.4 Å². The maximum Gasteiger partial charge on any atom is 0.173 e. The molecular weight excluding hydrogens is 294 g/mol. The Kier molecular flexibility index (Phi) is 3.38. The number of ether oxygens (including phenoxy) is 1. The van der Waals surface area contributed by atoms with Gasteiger partial charge in [-0.3, -0.25) is 4.68 Å². The number of aromatic nitrogens is 4. The highest BCUT2D eigenvalue weighted by atomic mass is 32.2. The van der Waals surface area contributed by atoms with Gasteiger partial charge in [-0.1, -0.05) is 0 Å². The Morgan fingerprint density at radius 2 is 2.29 bits per heavy atom. The molecule has 0 aromatic carbocycles. The molecule has 2 aromatic heterocycles. The number of methoxy groups -OCH3 is 1. The summed E-state index contributed by atoms with van der Waals surface area (Å²) in [6.07, 6.45) is 3.27. The fourth-order valence-electron chi connectivity index (χ4n) is 2.21. The van der Waals surface area contributed by atoms with Gasteiger partial charge < -0.3 is 10.1 Å². The van der Waals surface area contributed by atoms with Crippen LogP contribution in [0, 0.1) is 0 Å². The highest BCUT2D eigenvalue weighted by molar-refractivity contribution is 7.94. The maximum absolute atomic E-state index is 11.5. The van der Waals surface area contributed by atoms with Crippen LogP contribution in [0.25, 0.3) is 11.0 Å². The van der Waals surface area contributed by atoms with Crippen molar-refractivity contribution < 1.29 is 13.2 Å². The second-order valence-electron chi connectivity index (χ2n) is 4.84. The van der Waals surface area contributed by atoms with Gasteiger partial charge in [0.25, 0.3) is 0 Å². The highest BCUT2D eigenvalue weighted by Gasteiger charge is 2.23. The summed E-state index contributed by atoms with van der Waals surface area (Å²) in [7, 11) is 0.237. The molecular formula is C12H15N5O3S. The van der Waals surface area contributed by atoms with Gasteiger partial charge >= 0.3 is 0 Å². The minimum Gasteiger partial charge on any atom is -0.377 e.